The Kier molecular flexibility index (Phi) is 7.79. The number of amides is 1. The monoisotopic (exact) mass is 553 g/mol. The summed E-state index contributed by atoms with van der Waals surface area (Å²) in [6, 6.07) is 12.9. The predicted molar refractivity (Wildman–Crippen MR) is 131 cm³/mol. The maximum absolute atomic E-state index is 14.1. The lowest BCUT2D eigenvalue weighted by Gasteiger charge is -2.49. The number of nitrogens with two attached hydrogens (primary N) is 1. The zero-order valence-electron chi connectivity index (χ0n) is 19.9. The molecule has 3 rings (SSSR count). The van der Waals surface area contributed by atoms with E-state index in [2.05, 4.69) is 15.9 Å². The lowest BCUT2D eigenvalue weighted by Crippen LogP contribution is -2.71. The molecule has 10 heteroatoms. The number of likely N-dealkylation sites (tertiary alicyclic amines) is 1. The SMILES string of the molecule is COc1ccc(Br)cc1S(=O)(=O)N(Cc1ccccc1)[C@@H]1C[C@H](CN)[N+](C(=O)[O-])(C(C)(C)C)C1. The lowest BCUT2D eigenvalue weighted by atomic mass is 10.00. The summed E-state index contributed by atoms with van der Waals surface area (Å²) in [4.78, 5) is 12.6. The Hall–Kier alpha value is -1.98. The summed E-state index contributed by atoms with van der Waals surface area (Å²) in [6.45, 7) is 5.69. The first-order chi connectivity index (χ1) is 15.9. The number of hydrogen-bond acceptors (Lipinski definition) is 6. The molecule has 1 unspecified atom stereocenters. The summed E-state index contributed by atoms with van der Waals surface area (Å²) in [7, 11) is -2.67. The Morgan fingerprint density at radius 3 is 2.38 bits per heavy atom. The van der Waals surface area contributed by atoms with Crippen molar-refractivity contribution < 1.29 is 27.5 Å². The Balaban J connectivity index is 2.16. The van der Waals surface area contributed by atoms with Crippen LogP contribution in [0.15, 0.2) is 57.9 Å². The van der Waals surface area contributed by atoms with Crippen LogP contribution in [0.5, 0.6) is 5.75 Å². The Labute approximate surface area is 210 Å². The van der Waals surface area contributed by atoms with Crippen LogP contribution in [0, 0.1) is 0 Å². The van der Waals surface area contributed by atoms with Crippen molar-refractivity contribution in [3.8, 4) is 5.75 Å². The quantitative estimate of drug-likeness (QED) is 0.527. The van der Waals surface area contributed by atoms with Crippen molar-refractivity contribution in [3.05, 3.63) is 58.6 Å². The minimum Gasteiger partial charge on any atom is -0.498 e. The first-order valence-corrected chi connectivity index (χ1v) is 13.3. The van der Waals surface area contributed by atoms with Gasteiger partial charge in [0.15, 0.2) is 0 Å². The lowest BCUT2D eigenvalue weighted by molar-refractivity contribution is -0.929. The van der Waals surface area contributed by atoms with Crippen LogP contribution in [-0.2, 0) is 16.6 Å². The molecule has 1 heterocycles. The molecule has 1 saturated heterocycles. The molecule has 2 N–H and O–H groups in total. The van der Waals surface area contributed by atoms with E-state index in [0.29, 0.717) is 10.9 Å². The standard InChI is InChI=1S/C24H32BrN3O5S/c1-24(2,3)28(23(29)30)16-19(13-20(28)14-26)27(15-17-8-6-5-7-9-17)34(31,32)22-12-18(25)10-11-21(22)33-4/h5-12,19-20H,13-16,26H2,1-4H3/t19-,20-,28?/m1/s1. The number of sulfonamides is 1. The molecule has 2 aromatic carbocycles. The molecule has 0 bridgehead atoms. The molecule has 0 aliphatic carbocycles. The summed E-state index contributed by atoms with van der Waals surface area (Å²) in [6.07, 6.45) is -0.952. The van der Waals surface area contributed by atoms with E-state index in [-0.39, 0.29) is 30.3 Å². The molecule has 1 fully saturated rings. The van der Waals surface area contributed by atoms with Crippen molar-refractivity contribution in [2.24, 2.45) is 5.73 Å². The minimum absolute atomic E-state index is 0.0128. The Morgan fingerprint density at radius 2 is 1.88 bits per heavy atom. The number of carboxylic acid groups (broad SMARTS) is 1. The Morgan fingerprint density at radius 1 is 1.24 bits per heavy atom. The average Bonchev–Trinajstić information content (AvgIpc) is 3.19. The molecule has 0 radical (unpaired) electrons. The van der Waals surface area contributed by atoms with Crippen molar-refractivity contribution in [2.75, 3.05) is 20.2 Å². The third kappa shape index (κ3) is 4.74. The number of quaternary nitrogens is 1. The van der Waals surface area contributed by atoms with Crippen molar-refractivity contribution in [1.82, 2.24) is 4.31 Å². The molecular formula is C24H32BrN3O5S. The maximum atomic E-state index is 14.1. The molecule has 0 aromatic heterocycles. The van der Waals surface area contributed by atoms with E-state index in [9.17, 15) is 18.3 Å². The summed E-state index contributed by atoms with van der Waals surface area (Å²) >= 11 is 3.36. The van der Waals surface area contributed by atoms with Gasteiger partial charge in [0.25, 0.3) is 6.09 Å². The van der Waals surface area contributed by atoms with Crippen LogP contribution >= 0.6 is 15.9 Å². The van der Waals surface area contributed by atoms with Crippen LogP contribution in [-0.4, -0.2) is 61.1 Å². The van der Waals surface area contributed by atoms with Crippen LogP contribution < -0.4 is 15.6 Å². The fourth-order valence-electron chi connectivity index (χ4n) is 5.01. The fraction of sp³-hybridized carbons (Fsp3) is 0.458. The molecule has 3 atom stereocenters. The van der Waals surface area contributed by atoms with Gasteiger partial charge in [-0.2, -0.15) is 4.31 Å². The molecule has 2 aromatic rings. The van der Waals surface area contributed by atoms with Gasteiger partial charge < -0.3 is 20.4 Å². The molecule has 0 saturated carbocycles. The van der Waals surface area contributed by atoms with Gasteiger partial charge in [-0.05, 0) is 44.5 Å². The summed E-state index contributed by atoms with van der Waals surface area (Å²) in [5.41, 5.74) is 6.09. The molecule has 8 nitrogen and oxygen atoms in total. The van der Waals surface area contributed by atoms with Crippen molar-refractivity contribution in [1.29, 1.82) is 0 Å². The topological polar surface area (TPSA) is 113 Å². The van der Waals surface area contributed by atoms with Crippen LogP contribution in [0.1, 0.15) is 32.8 Å². The molecule has 1 aliphatic rings. The van der Waals surface area contributed by atoms with Crippen LogP contribution in [0.4, 0.5) is 4.79 Å². The summed E-state index contributed by atoms with van der Waals surface area (Å²) < 4.78 is 35.2. The highest BCUT2D eigenvalue weighted by molar-refractivity contribution is 9.10. The number of ether oxygens (including phenoxy) is 1. The summed E-state index contributed by atoms with van der Waals surface area (Å²) in [5.74, 6) is 0.214. The van der Waals surface area contributed by atoms with E-state index >= 15 is 0 Å². The second-order valence-electron chi connectivity index (χ2n) is 9.60. The number of benzene rings is 2. The maximum Gasteiger partial charge on any atom is 0.258 e. The van der Waals surface area contributed by atoms with Gasteiger partial charge in [-0.25, -0.2) is 8.42 Å². The van der Waals surface area contributed by atoms with E-state index < -0.39 is 38.2 Å². The number of carbonyl (C=O) groups is 1. The number of halogens is 1. The van der Waals surface area contributed by atoms with Gasteiger partial charge in [-0.15, -0.1) is 0 Å². The number of hydrogen-bond donors (Lipinski definition) is 1. The number of rotatable bonds is 7. The second kappa shape index (κ2) is 9.94. The van der Waals surface area contributed by atoms with Gasteiger partial charge >= 0.3 is 0 Å². The normalized spacial score (nSPS) is 23.3. The van der Waals surface area contributed by atoms with E-state index in [4.69, 9.17) is 10.5 Å². The number of nitrogens with zero attached hydrogens (tertiary/aromatic N) is 2. The van der Waals surface area contributed by atoms with E-state index in [1.807, 2.05) is 51.1 Å². The number of methoxy groups -OCH3 is 1. The molecule has 1 aliphatic heterocycles. The molecule has 34 heavy (non-hydrogen) atoms. The smallest absolute Gasteiger partial charge is 0.258 e. The van der Waals surface area contributed by atoms with E-state index in [1.165, 1.54) is 17.5 Å². The molecular weight excluding hydrogens is 522 g/mol. The minimum atomic E-state index is -4.09. The zero-order valence-corrected chi connectivity index (χ0v) is 22.3. The first-order valence-electron chi connectivity index (χ1n) is 11.1. The van der Waals surface area contributed by atoms with Gasteiger partial charge in [0, 0.05) is 24.0 Å². The highest BCUT2D eigenvalue weighted by atomic mass is 79.9. The van der Waals surface area contributed by atoms with Crippen LogP contribution in [0.3, 0.4) is 0 Å². The van der Waals surface area contributed by atoms with Gasteiger partial charge in [-0.1, -0.05) is 46.3 Å². The number of carbonyl (C=O) groups excluding carboxylic acids is 1. The highest BCUT2D eigenvalue weighted by Gasteiger charge is 2.57. The third-order valence-electron chi connectivity index (χ3n) is 6.76. The van der Waals surface area contributed by atoms with Gasteiger partial charge in [0.1, 0.15) is 23.2 Å². The summed E-state index contributed by atoms with van der Waals surface area (Å²) in [5, 5.41) is 12.5. The molecule has 0 spiro atoms. The highest BCUT2D eigenvalue weighted by Crippen LogP contribution is 2.41. The molecule has 1 amide bonds. The van der Waals surface area contributed by atoms with Gasteiger partial charge in [0.05, 0.1) is 18.7 Å². The van der Waals surface area contributed by atoms with Crippen molar-refractivity contribution in [2.45, 2.75) is 56.3 Å². The fourth-order valence-corrected chi connectivity index (χ4v) is 7.32. The third-order valence-corrected chi connectivity index (χ3v) is 9.17. The second-order valence-corrected chi connectivity index (χ2v) is 12.4. The Bertz CT molecular complexity index is 1140. The largest absolute Gasteiger partial charge is 0.498 e. The van der Waals surface area contributed by atoms with E-state index in [0.717, 1.165) is 5.56 Å². The predicted octanol–water partition coefficient (Wildman–Crippen LogP) is 2.71. The van der Waals surface area contributed by atoms with Crippen molar-refractivity contribution >= 4 is 32.0 Å². The van der Waals surface area contributed by atoms with Gasteiger partial charge in [-0.3, -0.25) is 4.48 Å². The van der Waals surface area contributed by atoms with Crippen LogP contribution in [0.25, 0.3) is 0 Å². The average molecular weight is 555 g/mol. The van der Waals surface area contributed by atoms with Crippen LogP contribution in [0.2, 0.25) is 0 Å². The molecule has 186 valence electrons. The van der Waals surface area contributed by atoms with Gasteiger partial charge in [0.2, 0.25) is 10.0 Å². The van der Waals surface area contributed by atoms with E-state index in [1.54, 1.807) is 12.1 Å². The van der Waals surface area contributed by atoms with Crippen molar-refractivity contribution in [3.63, 3.8) is 0 Å². The zero-order chi connectivity index (χ0) is 25.3. The first kappa shape index (κ1) is 26.6.